The van der Waals surface area contributed by atoms with Crippen molar-refractivity contribution in [1.29, 1.82) is 0 Å². The third-order valence-electron chi connectivity index (χ3n) is 8.71. The van der Waals surface area contributed by atoms with E-state index >= 15 is 0 Å². The highest BCUT2D eigenvalue weighted by Crippen LogP contribution is 2.68. The van der Waals surface area contributed by atoms with Crippen LogP contribution in [0.25, 0.3) is 0 Å². The normalized spacial score (nSPS) is 44.9. The van der Waals surface area contributed by atoms with Gasteiger partial charge in [0.1, 0.15) is 11.9 Å². The number of amides is 1. The first-order valence-electron chi connectivity index (χ1n) is 10.4. The minimum Gasteiger partial charge on any atom is -0.445 e. The van der Waals surface area contributed by atoms with Gasteiger partial charge in [-0.1, -0.05) is 33.3 Å². The largest absolute Gasteiger partial charge is 0.445 e. The molecule has 1 amide bonds. The van der Waals surface area contributed by atoms with Gasteiger partial charge in [0.15, 0.2) is 0 Å². The van der Waals surface area contributed by atoms with E-state index in [4.69, 9.17) is 15.4 Å². The first-order valence-corrected chi connectivity index (χ1v) is 12.7. The highest BCUT2D eigenvalue weighted by atomic mass is 35.7. The lowest BCUT2D eigenvalue weighted by molar-refractivity contribution is -0.172. The molecule has 3 aliphatic rings. The second-order valence-electron chi connectivity index (χ2n) is 9.83. The summed E-state index contributed by atoms with van der Waals surface area (Å²) in [4.78, 5) is 26.0. The number of rotatable bonds is 3. The number of carbonyl (C=O) groups excluding carboxylic acids is 2. The first kappa shape index (κ1) is 22.6. The number of halogens is 1. The number of carbonyl (C=O) groups is 2. The Balaban J connectivity index is 2.11. The van der Waals surface area contributed by atoms with E-state index in [1.807, 2.05) is 6.92 Å². The molecule has 0 aromatic heterocycles. The fourth-order valence-corrected chi connectivity index (χ4v) is 7.25. The molecule has 0 heterocycles. The fraction of sp³-hybridized carbons (Fsp3) is 0.810. The van der Waals surface area contributed by atoms with Crippen LogP contribution in [0, 0.1) is 34.0 Å². The molecular formula is C21H32ClNO5S. The molecule has 0 aliphatic heterocycles. The Morgan fingerprint density at radius 3 is 2.52 bits per heavy atom. The van der Waals surface area contributed by atoms with E-state index in [0.717, 1.165) is 32.1 Å². The van der Waals surface area contributed by atoms with Crippen molar-refractivity contribution in [1.82, 2.24) is 4.72 Å². The van der Waals surface area contributed by atoms with Crippen molar-refractivity contribution in [3.05, 3.63) is 12.7 Å². The Kier molecular flexibility index (Phi) is 5.66. The number of hydrogen-bond donors (Lipinski definition) is 1. The van der Waals surface area contributed by atoms with Crippen LogP contribution in [0.3, 0.4) is 0 Å². The summed E-state index contributed by atoms with van der Waals surface area (Å²) in [5.41, 5.74) is -1.34. The van der Waals surface area contributed by atoms with Crippen molar-refractivity contribution in [2.45, 2.75) is 72.3 Å². The molecule has 3 saturated carbocycles. The van der Waals surface area contributed by atoms with Crippen molar-refractivity contribution < 1.29 is 22.7 Å². The summed E-state index contributed by atoms with van der Waals surface area (Å²) in [6, 6.07) is 0. The lowest BCUT2D eigenvalue weighted by atomic mass is 9.44. The van der Waals surface area contributed by atoms with Crippen molar-refractivity contribution in [3.8, 4) is 0 Å². The van der Waals surface area contributed by atoms with Crippen LogP contribution >= 0.6 is 10.7 Å². The Morgan fingerprint density at radius 2 is 1.93 bits per heavy atom. The Morgan fingerprint density at radius 1 is 1.28 bits per heavy atom. The van der Waals surface area contributed by atoms with E-state index < -0.39 is 26.8 Å². The van der Waals surface area contributed by atoms with E-state index in [0.29, 0.717) is 0 Å². The van der Waals surface area contributed by atoms with Crippen LogP contribution < -0.4 is 4.72 Å². The highest BCUT2D eigenvalue weighted by Gasteiger charge is 2.65. The summed E-state index contributed by atoms with van der Waals surface area (Å²) in [6.07, 6.45) is 5.18. The number of Topliss-reactive ketones (excluding diaryl/α,β-unsaturated/α-hetero) is 1. The van der Waals surface area contributed by atoms with E-state index in [-0.39, 0.29) is 40.8 Å². The lowest BCUT2D eigenvalue weighted by Crippen LogP contribution is -2.61. The minimum atomic E-state index is -4.26. The quantitative estimate of drug-likeness (QED) is 0.506. The minimum absolute atomic E-state index is 0.0946. The maximum absolute atomic E-state index is 13.6. The molecule has 0 saturated heterocycles. The van der Waals surface area contributed by atoms with Gasteiger partial charge in [0, 0.05) is 33.9 Å². The molecule has 1 N–H and O–H groups in total. The average Bonchev–Trinajstić information content (AvgIpc) is 3.07. The molecule has 3 fully saturated rings. The van der Waals surface area contributed by atoms with Crippen LogP contribution in [0.2, 0.25) is 0 Å². The topological polar surface area (TPSA) is 89.5 Å². The Hall–Kier alpha value is -1.08. The highest BCUT2D eigenvalue weighted by molar-refractivity contribution is 8.12. The molecular weight excluding hydrogens is 414 g/mol. The number of nitrogens with one attached hydrogen (secondary N) is 1. The summed E-state index contributed by atoms with van der Waals surface area (Å²) in [7, 11) is 0.919. The van der Waals surface area contributed by atoms with Crippen LogP contribution in [0.5, 0.6) is 0 Å². The van der Waals surface area contributed by atoms with Gasteiger partial charge in [-0.2, -0.15) is 8.42 Å². The average molecular weight is 446 g/mol. The van der Waals surface area contributed by atoms with E-state index in [9.17, 15) is 18.0 Å². The van der Waals surface area contributed by atoms with Gasteiger partial charge in [0.25, 0.3) is 0 Å². The van der Waals surface area contributed by atoms with E-state index in [1.165, 1.54) is 0 Å². The molecule has 6 nitrogen and oxygen atoms in total. The predicted octanol–water partition coefficient (Wildman–Crippen LogP) is 4.59. The molecule has 0 spiro atoms. The van der Waals surface area contributed by atoms with Crippen molar-refractivity contribution >= 4 is 31.8 Å². The summed E-state index contributed by atoms with van der Waals surface area (Å²) < 4.78 is 30.0. The number of allylic oxidation sites excluding steroid dienone is 1. The lowest BCUT2D eigenvalue weighted by Gasteiger charge is -2.61. The zero-order valence-electron chi connectivity index (χ0n) is 17.7. The fourth-order valence-electron chi connectivity index (χ4n) is 6.81. The molecule has 0 radical (unpaired) electrons. The Labute approximate surface area is 178 Å². The van der Waals surface area contributed by atoms with Crippen LogP contribution in [-0.2, 0) is 18.8 Å². The summed E-state index contributed by atoms with van der Waals surface area (Å²) in [5, 5.41) is 0. The zero-order chi connectivity index (χ0) is 21.8. The molecule has 29 heavy (non-hydrogen) atoms. The summed E-state index contributed by atoms with van der Waals surface area (Å²) in [5.74, 6) is 0.536. The molecule has 3 aliphatic carbocycles. The van der Waals surface area contributed by atoms with Gasteiger partial charge >= 0.3 is 15.3 Å². The number of ether oxygens (including phenoxy) is 1. The molecule has 2 unspecified atom stereocenters. The van der Waals surface area contributed by atoms with E-state index in [2.05, 4.69) is 27.4 Å². The SMILES string of the molecule is C=C[C@]1(C)C[C@@H](OC(=O)NS(=O)(=O)Cl)[C@]2(C)C(C)CC[C@]3(CCCC32)[C@@H](C)C1=O. The second-order valence-corrected chi connectivity index (χ2v) is 12.1. The second kappa shape index (κ2) is 7.26. The molecule has 8 heteroatoms. The molecule has 3 rings (SSSR count). The first-order chi connectivity index (χ1) is 13.3. The van der Waals surface area contributed by atoms with Crippen molar-refractivity contribution in [2.24, 2.45) is 34.0 Å². The third-order valence-corrected chi connectivity index (χ3v) is 9.35. The van der Waals surface area contributed by atoms with Gasteiger partial charge in [0.05, 0.1) is 0 Å². The van der Waals surface area contributed by atoms with Gasteiger partial charge < -0.3 is 4.74 Å². The molecule has 0 aromatic rings. The molecule has 7 atom stereocenters. The molecule has 2 bridgehead atoms. The van der Waals surface area contributed by atoms with Crippen LogP contribution in [-0.4, -0.2) is 26.4 Å². The smallest absolute Gasteiger partial charge is 0.422 e. The van der Waals surface area contributed by atoms with E-state index in [1.54, 1.807) is 10.8 Å². The van der Waals surface area contributed by atoms with Crippen LogP contribution in [0.15, 0.2) is 12.7 Å². The molecule has 0 aromatic carbocycles. The number of ketones is 1. The molecule has 164 valence electrons. The summed E-state index contributed by atoms with van der Waals surface area (Å²) >= 11 is 0. The van der Waals surface area contributed by atoms with Crippen LogP contribution in [0.4, 0.5) is 4.79 Å². The standard InChI is InChI=1S/C21H32ClNO5S/c1-6-19(4)12-16(28-18(25)23-29(22,26)27)20(5)13(2)9-11-21(14(3)17(19)24)10-7-8-15(20)21/h6,13-16H,1,7-12H2,2-5H3,(H,23,25)/t13?,14-,15?,16+,19+,20+,21+/m0/s1. The third kappa shape index (κ3) is 3.52. The van der Waals surface area contributed by atoms with Gasteiger partial charge in [0.2, 0.25) is 0 Å². The van der Waals surface area contributed by atoms with Gasteiger partial charge in [-0.3, -0.25) is 4.79 Å². The predicted molar refractivity (Wildman–Crippen MR) is 112 cm³/mol. The van der Waals surface area contributed by atoms with Crippen molar-refractivity contribution in [3.63, 3.8) is 0 Å². The van der Waals surface area contributed by atoms with Gasteiger partial charge in [-0.15, -0.1) is 6.58 Å². The Bertz CT molecular complexity index is 829. The van der Waals surface area contributed by atoms with Crippen LogP contribution in [0.1, 0.15) is 66.2 Å². The zero-order valence-corrected chi connectivity index (χ0v) is 19.2. The summed E-state index contributed by atoms with van der Waals surface area (Å²) in [6.45, 7) is 12.1. The van der Waals surface area contributed by atoms with Gasteiger partial charge in [-0.05, 0) is 49.9 Å². The van der Waals surface area contributed by atoms with Gasteiger partial charge in [-0.25, -0.2) is 9.52 Å². The maximum atomic E-state index is 13.6. The number of hydrogen-bond acceptors (Lipinski definition) is 5. The van der Waals surface area contributed by atoms with Crippen molar-refractivity contribution in [2.75, 3.05) is 0 Å². The maximum Gasteiger partial charge on any atom is 0.422 e. The monoisotopic (exact) mass is 445 g/mol.